The molecule has 0 spiro atoms. The zero-order chi connectivity index (χ0) is 20.1. The molecule has 1 heterocycles. The van der Waals surface area contributed by atoms with E-state index in [1.165, 1.54) is 24.2 Å². The molecule has 0 saturated heterocycles. The van der Waals surface area contributed by atoms with Gasteiger partial charge < -0.3 is 10.1 Å². The van der Waals surface area contributed by atoms with Crippen molar-refractivity contribution in [3.8, 4) is 11.6 Å². The van der Waals surface area contributed by atoms with E-state index in [9.17, 15) is 9.18 Å². The van der Waals surface area contributed by atoms with Crippen LogP contribution in [0.2, 0.25) is 0 Å². The molecule has 0 aliphatic rings. The lowest BCUT2D eigenvalue weighted by molar-refractivity contribution is -0.113. The number of anilines is 1. The van der Waals surface area contributed by atoms with Crippen LogP contribution in [0.4, 0.5) is 10.1 Å². The average molecular weight is 397 g/mol. The summed E-state index contributed by atoms with van der Waals surface area (Å²) in [4.78, 5) is 20.4. The summed E-state index contributed by atoms with van der Waals surface area (Å²) in [5.41, 5.74) is 3.16. The highest BCUT2D eigenvalue weighted by atomic mass is 32.2. The van der Waals surface area contributed by atoms with Crippen LogP contribution in [0.1, 0.15) is 16.7 Å². The number of nitrogens with zero attached hydrogens (tertiary/aromatic N) is 2. The summed E-state index contributed by atoms with van der Waals surface area (Å²) in [6.45, 7) is 5.67. The Kier molecular flexibility index (Phi) is 6.26. The molecule has 0 unspecified atom stereocenters. The van der Waals surface area contributed by atoms with Gasteiger partial charge in [0.15, 0.2) is 0 Å². The van der Waals surface area contributed by atoms with Crippen LogP contribution in [0.15, 0.2) is 53.8 Å². The molecule has 0 saturated carbocycles. The summed E-state index contributed by atoms with van der Waals surface area (Å²) in [6.07, 6.45) is 1.40. The largest absolute Gasteiger partial charge is 0.439 e. The summed E-state index contributed by atoms with van der Waals surface area (Å²) < 4.78 is 19.4. The predicted octanol–water partition coefficient (Wildman–Crippen LogP) is 5.06. The zero-order valence-corrected chi connectivity index (χ0v) is 16.6. The number of hydrogen-bond acceptors (Lipinski definition) is 5. The average Bonchev–Trinajstić information content (AvgIpc) is 2.63. The highest BCUT2D eigenvalue weighted by Crippen LogP contribution is 2.25. The number of ether oxygens (including phenoxy) is 1. The Morgan fingerprint density at radius 2 is 1.82 bits per heavy atom. The fraction of sp³-hybridized carbons (Fsp3) is 0.190. The maximum absolute atomic E-state index is 13.6. The third-order valence-electron chi connectivity index (χ3n) is 3.84. The molecule has 1 N–H and O–H groups in total. The summed E-state index contributed by atoms with van der Waals surface area (Å²) in [5.74, 6) is 0.642. The van der Waals surface area contributed by atoms with Crippen molar-refractivity contribution in [2.45, 2.75) is 25.8 Å². The molecular weight excluding hydrogens is 377 g/mol. The second-order valence-electron chi connectivity index (χ2n) is 6.42. The Balaban J connectivity index is 1.59. The number of nitrogens with one attached hydrogen (secondary N) is 1. The molecule has 3 aromatic rings. The molecular formula is C21H20FN3O2S. The van der Waals surface area contributed by atoms with Crippen LogP contribution in [0, 0.1) is 26.6 Å². The molecule has 7 heteroatoms. The Bertz CT molecular complexity index is 990. The van der Waals surface area contributed by atoms with E-state index in [0.29, 0.717) is 27.9 Å². The summed E-state index contributed by atoms with van der Waals surface area (Å²) in [6, 6.07) is 12.2. The van der Waals surface area contributed by atoms with E-state index in [1.807, 2.05) is 26.0 Å². The van der Waals surface area contributed by atoms with Crippen molar-refractivity contribution in [2.24, 2.45) is 0 Å². The minimum atomic E-state index is -0.352. The van der Waals surface area contributed by atoms with E-state index in [2.05, 4.69) is 21.4 Å². The number of aromatic nitrogens is 2. The number of hydrogen-bond donors (Lipinski definition) is 1. The maximum atomic E-state index is 13.6. The van der Waals surface area contributed by atoms with Gasteiger partial charge in [0.05, 0.1) is 5.75 Å². The smallest absolute Gasteiger partial charge is 0.234 e. The molecule has 0 bridgehead atoms. The standard InChI is InChI=1S/C21H20FN3O2S/c1-13-6-14(2)8-17(7-13)27-20-10-21(24-12-23-20)28-11-19(26)25-16-5-4-15(3)18(22)9-16/h4-10,12H,11H2,1-3H3,(H,25,26). The normalized spacial score (nSPS) is 10.6. The maximum Gasteiger partial charge on any atom is 0.234 e. The Morgan fingerprint density at radius 1 is 1.07 bits per heavy atom. The molecule has 2 aromatic carbocycles. The minimum absolute atomic E-state index is 0.134. The summed E-state index contributed by atoms with van der Waals surface area (Å²) >= 11 is 1.25. The van der Waals surface area contributed by atoms with Crippen molar-refractivity contribution in [3.63, 3.8) is 0 Å². The fourth-order valence-electron chi connectivity index (χ4n) is 2.58. The van der Waals surface area contributed by atoms with Crippen molar-refractivity contribution in [1.82, 2.24) is 9.97 Å². The van der Waals surface area contributed by atoms with Crippen molar-refractivity contribution >= 4 is 23.4 Å². The van der Waals surface area contributed by atoms with Gasteiger partial charge in [0.2, 0.25) is 11.8 Å². The Labute approximate surface area is 167 Å². The van der Waals surface area contributed by atoms with Crippen molar-refractivity contribution in [3.05, 3.63) is 71.3 Å². The van der Waals surface area contributed by atoms with Crippen molar-refractivity contribution in [1.29, 1.82) is 0 Å². The molecule has 0 aliphatic carbocycles. The molecule has 0 fully saturated rings. The van der Waals surface area contributed by atoms with E-state index >= 15 is 0 Å². The highest BCUT2D eigenvalue weighted by Gasteiger charge is 2.08. The SMILES string of the molecule is Cc1cc(C)cc(Oc2cc(SCC(=O)Nc3ccc(C)c(F)c3)ncn2)c1. The number of rotatable bonds is 6. The molecule has 0 atom stereocenters. The lowest BCUT2D eigenvalue weighted by Gasteiger charge is -2.08. The van der Waals surface area contributed by atoms with Gasteiger partial charge in [-0.25, -0.2) is 14.4 Å². The topological polar surface area (TPSA) is 64.1 Å². The number of benzene rings is 2. The molecule has 0 aliphatic heterocycles. The van der Waals surface area contributed by atoms with E-state index in [1.54, 1.807) is 25.1 Å². The first kappa shape index (κ1) is 19.8. The van der Waals surface area contributed by atoms with Crippen LogP contribution >= 0.6 is 11.8 Å². The monoisotopic (exact) mass is 397 g/mol. The number of carbonyl (C=O) groups excluding carboxylic acids is 1. The van der Waals surface area contributed by atoms with Gasteiger partial charge >= 0.3 is 0 Å². The number of thioether (sulfide) groups is 1. The van der Waals surface area contributed by atoms with Crippen LogP contribution in [-0.4, -0.2) is 21.6 Å². The lowest BCUT2D eigenvalue weighted by atomic mass is 10.1. The first-order valence-electron chi connectivity index (χ1n) is 8.66. The first-order chi connectivity index (χ1) is 13.4. The van der Waals surface area contributed by atoms with Crippen molar-refractivity contribution < 1.29 is 13.9 Å². The number of carbonyl (C=O) groups is 1. The molecule has 1 aromatic heterocycles. The molecule has 28 heavy (non-hydrogen) atoms. The molecule has 1 amide bonds. The number of halogens is 1. The third kappa shape index (κ3) is 5.53. The van der Waals surface area contributed by atoms with Gasteiger partial charge in [0.25, 0.3) is 0 Å². The van der Waals surface area contributed by atoms with Gasteiger partial charge in [-0.05, 0) is 61.7 Å². The van der Waals surface area contributed by atoms with Crippen LogP contribution < -0.4 is 10.1 Å². The number of aryl methyl sites for hydroxylation is 3. The Morgan fingerprint density at radius 3 is 2.54 bits per heavy atom. The van der Waals surface area contributed by atoms with E-state index in [0.717, 1.165) is 11.1 Å². The van der Waals surface area contributed by atoms with Gasteiger partial charge in [-0.3, -0.25) is 4.79 Å². The Hall–Kier alpha value is -2.93. The minimum Gasteiger partial charge on any atom is -0.439 e. The molecule has 5 nitrogen and oxygen atoms in total. The van der Waals surface area contributed by atoms with Gasteiger partial charge in [0, 0.05) is 11.8 Å². The predicted molar refractivity (Wildman–Crippen MR) is 109 cm³/mol. The van der Waals surface area contributed by atoms with Crippen LogP contribution in [-0.2, 0) is 4.79 Å². The van der Waals surface area contributed by atoms with Gasteiger partial charge in [-0.2, -0.15) is 0 Å². The van der Waals surface area contributed by atoms with Crippen LogP contribution in [0.5, 0.6) is 11.6 Å². The van der Waals surface area contributed by atoms with Crippen LogP contribution in [0.25, 0.3) is 0 Å². The van der Waals surface area contributed by atoms with E-state index in [-0.39, 0.29) is 17.5 Å². The van der Waals surface area contributed by atoms with Gasteiger partial charge in [-0.1, -0.05) is 23.9 Å². The van der Waals surface area contributed by atoms with Gasteiger partial charge in [-0.15, -0.1) is 0 Å². The second kappa shape index (κ2) is 8.84. The second-order valence-corrected chi connectivity index (χ2v) is 7.42. The lowest BCUT2D eigenvalue weighted by Crippen LogP contribution is -2.14. The van der Waals surface area contributed by atoms with E-state index in [4.69, 9.17) is 4.74 Å². The quantitative estimate of drug-likeness (QED) is 0.465. The van der Waals surface area contributed by atoms with E-state index < -0.39 is 0 Å². The highest BCUT2D eigenvalue weighted by molar-refractivity contribution is 7.99. The molecule has 0 radical (unpaired) electrons. The van der Waals surface area contributed by atoms with Crippen molar-refractivity contribution in [2.75, 3.05) is 11.1 Å². The number of amides is 1. The zero-order valence-electron chi connectivity index (χ0n) is 15.8. The van der Waals surface area contributed by atoms with Crippen LogP contribution in [0.3, 0.4) is 0 Å². The first-order valence-corrected chi connectivity index (χ1v) is 9.64. The summed E-state index contributed by atoms with van der Waals surface area (Å²) in [7, 11) is 0. The summed E-state index contributed by atoms with van der Waals surface area (Å²) in [5, 5.41) is 3.28. The fourth-order valence-corrected chi connectivity index (χ4v) is 3.23. The molecule has 3 rings (SSSR count). The molecule has 144 valence electrons. The third-order valence-corrected chi connectivity index (χ3v) is 4.77. The van der Waals surface area contributed by atoms with Gasteiger partial charge in [0.1, 0.15) is 22.9 Å².